The van der Waals surface area contributed by atoms with Gasteiger partial charge in [0.25, 0.3) is 0 Å². The minimum atomic E-state index is 0.672. The summed E-state index contributed by atoms with van der Waals surface area (Å²) in [5.74, 6) is 0.894. The summed E-state index contributed by atoms with van der Waals surface area (Å²) in [7, 11) is 0. The van der Waals surface area contributed by atoms with Crippen LogP contribution >= 0.6 is 0 Å². The number of aromatic nitrogens is 1. The van der Waals surface area contributed by atoms with Gasteiger partial charge in [0.2, 0.25) is 0 Å². The number of hydrogen-bond donors (Lipinski definition) is 1. The summed E-state index contributed by atoms with van der Waals surface area (Å²) in [6.07, 6.45) is 2.33. The molecule has 114 valence electrons. The highest BCUT2D eigenvalue weighted by molar-refractivity contribution is 6.07. The maximum Gasteiger partial charge on any atom is 0.120 e. The van der Waals surface area contributed by atoms with Crippen molar-refractivity contribution in [3.63, 3.8) is 0 Å². The lowest BCUT2D eigenvalue weighted by Gasteiger charge is -2.14. The molecule has 0 radical (unpaired) electrons. The fourth-order valence-corrected chi connectivity index (χ4v) is 2.71. The van der Waals surface area contributed by atoms with Crippen LogP contribution in [-0.2, 0) is 0 Å². The molecule has 0 saturated heterocycles. The maximum atomic E-state index is 5.65. The van der Waals surface area contributed by atoms with E-state index in [9.17, 15) is 0 Å². The number of benzene rings is 2. The van der Waals surface area contributed by atoms with Crippen molar-refractivity contribution in [2.24, 2.45) is 0 Å². The van der Waals surface area contributed by atoms with Gasteiger partial charge in [-0.3, -0.25) is 0 Å². The quantitative estimate of drug-likeness (QED) is 0.513. The lowest BCUT2D eigenvalue weighted by Crippen LogP contribution is -2.03. The van der Waals surface area contributed by atoms with Crippen LogP contribution in [0, 0.1) is 0 Å². The van der Waals surface area contributed by atoms with Crippen LogP contribution in [0.15, 0.2) is 42.5 Å². The van der Waals surface area contributed by atoms with Crippen molar-refractivity contribution in [1.29, 1.82) is 0 Å². The highest BCUT2D eigenvalue weighted by atomic mass is 16.5. The number of unbranched alkanes of at least 4 members (excludes halogenated alkanes) is 1. The zero-order chi connectivity index (χ0) is 15.4. The summed E-state index contributed by atoms with van der Waals surface area (Å²) in [5.41, 5.74) is 3.19. The predicted molar refractivity (Wildman–Crippen MR) is 93.8 cm³/mol. The Morgan fingerprint density at radius 2 is 1.82 bits per heavy atom. The third-order valence-corrected chi connectivity index (χ3v) is 3.79. The number of pyridine rings is 1. The summed E-state index contributed by atoms with van der Waals surface area (Å²) >= 11 is 0. The van der Waals surface area contributed by atoms with E-state index >= 15 is 0 Å². The predicted octanol–water partition coefficient (Wildman–Crippen LogP) is 5.00. The van der Waals surface area contributed by atoms with Crippen LogP contribution in [0.5, 0.6) is 5.75 Å². The SMILES string of the molecule is CCCCNc1c2ccccc2nc2ccc(OCC)cc12. The molecule has 1 N–H and O–H groups in total. The molecule has 0 aliphatic carbocycles. The normalized spacial score (nSPS) is 11.0. The van der Waals surface area contributed by atoms with Gasteiger partial charge in [-0.25, -0.2) is 4.98 Å². The molecule has 22 heavy (non-hydrogen) atoms. The van der Waals surface area contributed by atoms with Crippen molar-refractivity contribution in [2.75, 3.05) is 18.5 Å². The molecule has 0 atom stereocenters. The van der Waals surface area contributed by atoms with Crippen molar-refractivity contribution >= 4 is 27.5 Å². The van der Waals surface area contributed by atoms with Gasteiger partial charge in [-0.2, -0.15) is 0 Å². The fraction of sp³-hybridized carbons (Fsp3) is 0.316. The van der Waals surface area contributed by atoms with Gasteiger partial charge in [-0.15, -0.1) is 0 Å². The highest BCUT2D eigenvalue weighted by Crippen LogP contribution is 2.33. The van der Waals surface area contributed by atoms with Gasteiger partial charge in [0, 0.05) is 17.3 Å². The van der Waals surface area contributed by atoms with Crippen molar-refractivity contribution in [3.05, 3.63) is 42.5 Å². The Hall–Kier alpha value is -2.29. The van der Waals surface area contributed by atoms with E-state index in [0.717, 1.165) is 40.8 Å². The third kappa shape index (κ3) is 2.84. The van der Waals surface area contributed by atoms with Gasteiger partial charge < -0.3 is 10.1 Å². The van der Waals surface area contributed by atoms with Crippen molar-refractivity contribution in [2.45, 2.75) is 26.7 Å². The second kappa shape index (κ2) is 6.65. The van der Waals surface area contributed by atoms with Gasteiger partial charge in [0.1, 0.15) is 5.75 Å². The average molecular weight is 294 g/mol. The van der Waals surface area contributed by atoms with E-state index in [1.165, 1.54) is 11.8 Å². The average Bonchev–Trinajstić information content (AvgIpc) is 2.55. The maximum absolute atomic E-state index is 5.65. The van der Waals surface area contributed by atoms with Crippen molar-refractivity contribution in [3.8, 4) is 5.75 Å². The molecule has 0 amide bonds. The standard InChI is InChI=1S/C19H22N2O/c1-3-5-12-20-19-15-8-6-7-9-17(15)21-18-11-10-14(22-4-2)13-16(18)19/h6-11,13H,3-5,12H2,1-2H3,(H,20,21). The molecular formula is C19H22N2O. The van der Waals surface area contributed by atoms with Crippen LogP contribution in [-0.4, -0.2) is 18.1 Å². The van der Waals surface area contributed by atoms with E-state index in [4.69, 9.17) is 9.72 Å². The first-order chi connectivity index (χ1) is 10.8. The Bertz CT molecular complexity index is 783. The molecule has 0 saturated carbocycles. The van der Waals surface area contributed by atoms with Crippen LogP contribution in [0.3, 0.4) is 0 Å². The fourth-order valence-electron chi connectivity index (χ4n) is 2.71. The third-order valence-electron chi connectivity index (χ3n) is 3.79. The van der Waals surface area contributed by atoms with E-state index in [0.29, 0.717) is 6.61 Å². The topological polar surface area (TPSA) is 34.2 Å². The molecule has 0 bridgehead atoms. The van der Waals surface area contributed by atoms with Crippen LogP contribution in [0.4, 0.5) is 5.69 Å². The second-order valence-electron chi connectivity index (χ2n) is 5.40. The van der Waals surface area contributed by atoms with Crippen LogP contribution in [0.1, 0.15) is 26.7 Å². The molecular weight excluding hydrogens is 272 g/mol. The van der Waals surface area contributed by atoms with Crippen molar-refractivity contribution < 1.29 is 4.74 Å². The van der Waals surface area contributed by atoms with E-state index in [2.05, 4.69) is 36.5 Å². The van der Waals surface area contributed by atoms with Gasteiger partial charge in [-0.05, 0) is 37.6 Å². The van der Waals surface area contributed by atoms with Gasteiger partial charge in [-0.1, -0.05) is 31.5 Å². The van der Waals surface area contributed by atoms with Gasteiger partial charge >= 0.3 is 0 Å². The summed E-state index contributed by atoms with van der Waals surface area (Å²) in [4.78, 5) is 4.77. The summed E-state index contributed by atoms with van der Waals surface area (Å²) in [6, 6.07) is 14.4. The zero-order valence-corrected chi connectivity index (χ0v) is 13.2. The smallest absolute Gasteiger partial charge is 0.120 e. The molecule has 3 aromatic rings. The molecule has 0 aliphatic rings. The number of fused-ring (bicyclic) bond motifs is 2. The summed E-state index contributed by atoms with van der Waals surface area (Å²) in [6.45, 7) is 5.85. The van der Waals surface area contributed by atoms with Crippen LogP contribution in [0.25, 0.3) is 21.8 Å². The zero-order valence-electron chi connectivity index (χ0n) is 13.2. The molecule has 0 unspecified atom stereocenters. The Labute approximate surface area is 131 Å². The Morgan fingerprint density at radius 1 is 1.00 bits per heavy atom. The number of anilines is 1. The Morgan fingerprint density at radius 3 is 2.64 bits per heavy atom. The molecule has 2 aromatic carbocycles. The molecule has 0 aliphatic heterocycles. The lowest BCUT2D eigenvalue weighted by atomic mass is 10.1. The highest BCUT2D eigenvalue weighted by Gasteiger charge is 2.09. The van der Waals surface area contributed by atoms with E-state index in [-0.39, 0.29) is 0 Å². The molecule has 0 fully saturated rings. The minimum absolute atomic E-state index is 0.672. The van der Waals surface area contributed by atoms with Crippen LogP contribution in [0.2, 0.25) is 0 Å². The Balaban J connectivity index is 2.18. The first-order valence-corrected chi connectivity index (χ1v) is 8.02. The van der Waals surface area contributed by atoms with Gasteiger partial charge in [0.05, 0.1) is 23.3 Å². The molecule has 3 rings (SSSR count). The second-order valence-corrected chi connectivity index (χ2v) is 5.40. The molecule has 0 spiro atoms. The molecule has 1 heterocycles. The molecule has 1 aromatic heterocycles. The largest absolute Gasteiger partial charge is 0.494 e. The first kappa shape index (κ1) is 14.6. The minimum Gasteiger partial charge on any atom is -0.494 e. The summed E-state index contributed by atoms with van der Waals surface area (Å²) in [5, 5.41) is 5.90. The molecule has 3 heteroatoms. The summed E-state index contributed by atoms with van der Waals surface area (Å²) < 4.78 is 5.65. The number of rotatable bonds is 6. The molecule has 3 nitrogen and oxygen atoms in total. The van der Waals surface area contributed by atoms with Gasteiger partial charge in [0.15, 0.2) is 0 Å². The monoisotopic (exact) mass is 294 g/mol. The van der Waals surface area contributed by atoms with E-state index in [1.54, 1.807) is 0 Å². The van der Waals surface area contributed by atoms with Crippen LogP contribution < -0.4 is 10.1 Å². The van der Waals surface area contributed by atoms with E-state index in [1.807, 2.05) is 25.1 Å². The number of ether oxygens (including phenoxy) is 1. The number of nitrogens with one attached hydrogen (secondary N) is 1. The van der Waals surface area contributed by atoms with E-state index < -0.39 is 0 Å². The van der Waals surface area contributed by atoms with Crippen molar-refractivity contribution in [1.82, 2.24) is 4.98 Å². The number of nitrogens with zero attached hydrogens (tertiary/aromatic N) is 1. The Kier molecular flexibility index (Phi) is 4.42. The number of hydrogen-bond acceptors (Lipinski definition) is 3. The first-order valence-electron chi connectivity index (χ1n) is 8.02. The number of para-hydroxylation sites is 1. The lowest BCUT2D eigenvalue weighted by molar-refractivity contribution is 0.341.